The lowest BCUT2D eigenvalue weighted by molar-refractivity contribution is -0.118. The SMILES string of the molecule is CCC1CCC(C)CN1CC(=O)Nc1ccc(N2CCC(C)CC2)nc1. The Kier molecular flexibility index (Phi) is 6.52. The van der Waals surface area contributed by atoms with Crippen molar-refractivity contribution < 1.29 is 4.79 Å². The number of nitrogens with zero attached hydrogens (tertiary/aromatic N) is 3. The summed E-state index contributed by atoms with van der Waals surface area (Å²) in [6, 6.07) is 4.55. The Hall–Kier alpha value is -1.62. The van der Waals surface area contributed by atoms with Gasteiger partial charge >= 0.3 is 0 Å². The van der Waals surface area contributed by atoms with Crippen molar-refractivity contribution in [2.45, 2.75) is 58.9 Å². The molecule has 1 aromatic heterocycles. The molecule has 1 aromatic rings. The molecule has 5 heteroatoms. The van der Waals surface area contributed by atoms with Crippen molar-refractivity contribution in [3.8, 4) is 0 Å². The number of carbonyl (C=O) groups excluding carboxylic acids is 1. The second-order valence-corrected chi connectivity index (χ2v) is 8.30. The molecule has 5 nitrogen and oxygen atoms in total. The molecule has 0 bridgehead atoms. The van der Waals surface area contributed by atoms with Gasteiger partial charge in [-0.3, -0.25) is 9.69 Å². The van der Waals surface area contributed by atoms with E-state index in [0.717, 1.165) is 43.5 Å². The lowest BCUT2D eigenvalue weighted by Gasteiger charge is -2.37. The summed E-state index contributed by atoms with van der Waals surface area (Å²) in [4.78, 5) is 21.7. The molecule has 144 valence electrons. The minimum Gasteiger partial charge on any atom is -0.357 e. The summed E-state index contributed by atoms with van der Waals surface area (Å²) in [7, 11) is 0. The number of hydrogen-bond acceptors (Lipinski definition) is 4. The fraction of sp³-hybridized carbons (Fsp3) is 0.714. The summed E-state index contributed by atoms with van der Waals surface area (Å²) >= 11 is 0. The van der Waals surface area contributed by atoms with Gasteiger partial charge in [0.2, 0.25) is 5.91 Å². The Morgan fingerprint density at radius 2 is 1.92 bits per heavy atom. The predicted octanol–water partition coefficient (Wildman–Crippen LogP) is 3.77. The van der Waals surface area contributed by atoms with E-state index in [0.29, 0.717) is 18.5 Å². The molecular weight excluding hydrogens is 324 g/mol. The fourth-order valence-corrected chi connectivity index (χ4v) is 4.23. The lowest BCUT2D eigenvalue weighted by Crippen LogP contribution is -2.46. The molecule has 3 rings (SSSR count). The van der Waals surface area contributed by atoms with Gasteiger partial charge in [0.25, 0.3) is 0 Å². The van der Waals surface area contributed by atoms with E-state index in [2.05, 4.69) is 40.9 Å². The van der Waals surface area contributed by atoms with Gasteiger partial charge in [-0.25, -0.2) is 4.98 Å². The number of likely N-dealkylation sites (tertiary alicyclic amines) is 1. The summed E-state index contributed by atoms with van der Waals surface area (Å²) in [5.41, 5.74) is 0.794. The van der Waals surface area contributed by atoms with Crippen molar-refractivity contribution >= 4 is 17.4 Å². The summed E-state index contributed by atoms with van der Waals surface area (Å²) in [5.74, 6) is 2.58. The molecular formula is C21H34N4O. The topological polar surface area (TPSA) is 48.5 Å². The number of piperidine rings is 2. The van der Waals surface area contributed by atoms with Gasteiger partial charge in [0.15, 0.2) is 0 Å². The molecule has 3 heterocycles. The monoisotopic (exact) mass is 358 g/mol. The predicted molar refractivity (Wildman–Crippen MR) is 108 cm³/mol. The molecule has 2 fully saturated rings. The first-order valence-electron chi connectivity index (χ1n) is 10.3. The number of amides is 1. The van der Waals surface area contributed by atoms with E-state index in [9.17, 15) is 4.79 Å². The van der Waals surface area contributed by atoms with Crippen molar-refractivity contribution in [2.24, 2.45) is 11.8 Å². The molecule has 0 radical (unpaired) electrons. The Labute approximate surface area is 158 Å². The van der Waals surface area contributed by atoms with Gasteiger partial charge in [0.05, 0.1) is 18.4 Å². The van der Waals surface area contributed by atoms with Crippen LogP contribution in [0.15, 0.2) is 18.3 Å². The van der Waals surface area contributed by atoms with Crippen LogP contribution in [0.5, 0.6) is 0 Å². The highest BCUT2D eigenvalue weighted by atomic mass is 16.2. The third-order valence-corrected chi connectivity index (χ3v) is 6.01. The molecule has 0 aliphatic carbocycles. The van der Waals surface area contributed by atoms with Crippen LogP contribution in [-0.2, 0) is 4.79 Å². The van der Waals surface area contributed by atoms with E-state index in [1.807, 2.05) is 12.1 Å². The molecule has 0 saturated carbocycles. The van der Waals surface area contributed by atoms with Crippen molar-refractivity contribution in [3.05, 3.63) is 18.3 Å². The number of rotatable bonds is 5. The lowest BCUT2D eigenvalue weighted by atomic mass is 9.93. The zero-order valence-corrected chi connectivity index (χ0v) is 16.6. The number of pyridine rings is 1. The second kappa shape index (κ2) is 8.85. The van der Waals surface area contributed by atoms with E-state index < -0.39 is 0 Å². The third-order valence-electron chi connectivity index (χ3n) is 6.01. The van der Waals surface area contributed by atoms with Crippen molar-refractivity contribution in [1.82, 2.24) is 9.88 Å². The van der Waals surface area contributed by atoms with Gasteiger partial charge in [0, 0.05) is 25.7 Å². The van der Waals surface area contributed by atoms with E-state index in [4.69, 9.17) is 0 Å². The summed E-state index contributed by atoms with van der Waals surface area (Å²) in [6.07, 6.45) is 7.85. The Morgan fingerprint density at radius 3 is 2.58 bits per heavy atom. The number of nitrogens with one attached hydrogen (secondary N) is 1. The van der Waals surface area contributed by atoms with Gasteiger partial charge < -0.3 is 10.2 Å². The first kappa shape index (κ1) is 19.2. The highest BCUT2D eigenvalue weighted by Crippen LogP contribution is 2.24. The van der Waals surface area contributed by atoms with Crippen LogP contribution in [0.2, 0.25) is 0 Å². The van der Waals surface area contributed by atoms with Gasteiger partial charge in [-0.15, -0.1) is 0 Å². The van der Waals surface area contributed by atoms with Crippen LogP contribution in [0.4, 0.5) is 11.5 Å². The Balaban J connectivity index is 1.52. The van der Waals surface area contributed by atoms with Crippen LogP contribution in [0, 0.1) is 11.8 Å². The highest BCUT2D eigenvalue weighted by molar-refractivity contribution is 5.92. The van der Waals surface area contributed by atoms with Crippen molar-refractivity contribution in [3.63, 3.8) is 0 Å². The summed E-state index contributed by atoms with van der Waals surface area (Å²) in [5, 5.41) is 3.02. The van der Waals surface area contributed by atoms with Crippen LogP contribution < -0.4 is 10.2 Å². The Morgan fingerprint density at radius 1 is 1.15 bits per heavy atom. The minimum atomic E-state index is 0.0684. The average molecular weight is 359 g/mol. The van der Waals surface area contributed by atoms with Gasteiger partial charge in [-0.05, 0) is 56.1 Å². The average Bonchev–Trinajstić information content (AvgIpc) is 2.63. The molecule has 26 heavy (non-hydrogen) atoms. The molecule has 2 aliphatic rings. The van der Waals surface area contributed by atoms with E-state index in [-0.39, 0.29) is 5.91 Å². The first-order chi connectivity index (χ1) is 12.5. The molecule has 0 aromatic carbocycles. The van der Waals surface area contributed by atoms with E-state index in [1.165, 1.54) is 25.7 Å². The number of hydrogen-bond donors (Lipinski definition) is 1. The fourth-order valence-electron chi connectivity index (χ4n) is 4.23. The van der Waals surface area contributed by atoms with Crippen molar-refractivity contribution in [2.75, 3.05) is 36.4 Å². The van der Waals surface area contributed by atoms with Crippen LogP contribution >= 0.6 is 0 Å². The molecule has 2 atom stereocenters. The summed E-state index contributed by atoms with van der Waals surface area (Å²) < 4.78 is 0. The highest BCUT2D eigenvalue weighted by Gasteiger charge is 2.26. The Bertz CT molecular complexity index is 580. The molecule has 2 saturated heterocycles. The maximum Gasteiger partial charge on any atom is 0.238 e. The first-order valence-corrected chi connectivity index (χ1v) is 10.3. The van der Waals surface area contributed by atoms with Crippen molar-refractivity contribution in [1.29, 1.82) is 0 Å². The molecule has 2 aliphatic heterocycles. The smallest absolute Gasteiger partial charge is 0.238 e. The maximum atomic E-state index is 12.5. The van der Waals surface area contributed by atoms with E-state index in [1.54, 1.807) is 6.20 Å². The molecule has 1 amide bonds. The number of carbonyl (C=O) groups is 1. The van der Waals surface area contributed by atoms with Crippen LogP contribution in [0.3, 0.4) is 0 Å². The minimum absolute atomic E-state index is 0.0684. The largest absolute Gasteiger partial charge is 0.357 e. The van der Waals surface area contributed by atoms with E-state index >= 15 is 0 Å². The van der Waals surface area contributed by atoms with Gasteiger partial charge in [-0.1, -0.05) is 20.8 Å². The molecule has 0 spiro atoms. The quantitative estimate of drug-likeness (QED) is 0.870. The molecule has 2 unspecified atom stereocenters. The van der Waals surface area contributed by atoms with Gasteiger partial charge in [-0.2, -0.15) is 0 Å². The van der Waals surface area contributed by atoms with Gasteiger partial charge in [0.1, 0.15) is 5.82 Å². The summed E-state index contributed by atoms with van der Waals surface area (Å²) in [6.45, 7) is 10.5. The van der Waals surface area contributed by atoms with Crippen LogP contribution in [0.25, 0.3) is 0 Å². The normalized spacial score (nSPS) is 25.3. The zero-order chi connectivity index (χ0) is 18.5. The standard InChI is InChI=1S/C21H34N4O/c1-4-19-7-5-17(3)14-25(19)15-21(26)23-18-6-8-20(22-13-18)24-11-9-16(2)10-12-24/h6,8,13,16-17,19H,4-5,7,9-12,14-15H2,1-3H3,(H,23,26). The number of aromatic nitrogens is 1. The number of anilines is 2. The third kappa shape index (κ3) is 4.97. The van der Waals surface area contributed by atoms with Crippen LogP contribution in [-0.4, -0.2) is 48.0 Å². The molecule has 1 N–H and O–H groups in total. The second-order valence-electron chi connectivity index (χ2n) is 8.30. The maximum absolute atomic E-state index is 12.5. The zero-order valence-electron chi connectivity index (χ0n) is 16.6. The van der Waals surface area contributed by atoms with Crippen LogP contribution in [0.1, 0.15) is 52.9 Å².